The molecular formula is C23H23N3O2. The van der Waals surface area contributed by atoms with Crippen LogP contribution in [0.3, 0.4) is 0 Å². The number of hydrogen-bond donors (Lipinski definition) is 1. The Morgan fingerprint density at radius 1 is 0.964 bits per heavy atom. The van der Waals surface area contributed by atoms with E-state index in [4.69, 9.17) is 0 Å². The quantitative estimate of drug-likeness (QED) is 0.718. The van der Waals surface area contributed by atoms with Crippen molar-refractivity contribution in [2.75, 3.05) is 7.05 Å². The van der Waals surface area contributed by atoms with Gasteiger partial charge in [0.2, 0.25) is 0 Å². The number of rotatable bonds is 6. The van der Waals surface area contributed by atoms with Crippen LogP contribution in [-0.2, 0) is 13.1 Å². The third-order valence-corrected chi connectivity index (χ3v) is 4.42. The van der Waals surface area contributed by atoms with Gasteiger partial charge in [0.25, 0.3) is 11.8 Å². The molecule has 1 aromatic heterocycles. The van der Waals surface area contributed by atoms with Gasteiger partial charge >= 0.3 is 0 Å². The molecule has 0 aliphatic carbocycles. The Balaban J connectivity index is 1.64. The summed E-state index contributed by atoms with van der Waals surface area (Å²) in [6.45, 7) is 2.93. The zero-order valence-corrected chi connectivity index (χ0v) is 16.1. The number of aryl methyl sites for hydroxylation is 1. The number of carbonyl (C=O) groups is 2. The number of nitrogens with zero attached hydrogens (tertiary/aromatic N) is 2. The van der Waals surface area contributed by atoms with Crippen molar-refractivity contribution in [1.82, 2.24) is 15.2 Å². The van der Waals surface area contributed by atoms with Crippen molar-refractivity contribution < 1.29 is 9.59 Å². The molecule has 0 radical (unpaired) electrons. The van der Waals surface area contributed by atoms with E-state index in [1.165, 1.54) is 17.8 Å². The summed E-state index contributed by atoms with van der Waals surface area (Å²) in [5.41, 5.74) is 3.89. The molecule has 0 bridgehead atoms. The summed E-state index contributed by atoms with van der Waals surface area (Å²) in [5.74, 6) is -0.459. The first-order valence-corrected chi connectivity index (χ1v) is 9.12. The zero-order chi connectivity index (χ0) is 19.9. The monoisotopic (exact) mass is 373 g/mol. The second-order valence-corrected chi connectivity index (χ2v) is 6.74. The lowest BCUT2D eigenvalue weighted by atomic mass is 10.1. The number of aromatic nitrogens is 1. The van der Waals surface area contributed by atoms with Gasteiger partial charge in [-0.15, -0.1) is 0 Å². The Morgan fingerprint density at radius 2 is 1.68 bits per heavy atom. The highest BCUT2D eigenvalue weighted by Gasteiger charge is 2.16. The molecule has 0 saturated carbocycles. The summed E-state index contributed by atoms with van der Waals surface area (Å²) in [6, 6.07) is 20.9. The van der Waals surface area contributed by atoms with Gasteiger partial charge in [-0.25, -0.2) is 0 Å². The molecule has 0 fully saturated rings. The highest BCUT2D eigenvalue weighted by Crippen LogP contribution is 2.09. The molecule has 2 amide bonds. The summed E-state index contributed by atoms with van der Waals surface area (Å²) in [5, 5.41) is 2.88. The summed E-state index contributed by atoms with van der Waals surface area (Å²) < 4.78 is 0. The van der Waals surface area contributed by atoms with Gasteiger partial charge in [-0.1, -0.05) is 60.2 Å². The van der Waals surface area contributed by atoms with Crippen LogP contribution in [0.1, 0.15) is 37.5 Å². The third-order valence-electron chi connectivity index (χ3n) is 4.42. The highest BCUT2D eigenvalue weighted by molar-refractivity contribution is 5.98. The molecule has 0 atom stereocenters. The predicted molar refractivity (Wildman–Crippen MR) is 109 cm³/mol. The van der Waals surface area contributed by atoms with E-state index in [1.54, 1.807) is 18.0 Å². The first-order chi connectivity index (χ1) is 13.5. The minimum Gasteiger partial charge on any atom is -0.348 e. The maximum Gasteiger partial charge on any atom is 0.272 e. The fourth-order valence-electron chi connectivity index (χ4n) is 2.80. The van der Waals surface area contributed by atoms with E-state index in [0.29, 0.717) is 18.7 Å². The molecule has 0 unspecified atom stereocenters. The molecule has 2 aromatic carbocycles. The van der Waals surface area contributed by atoms with E-state index in [0.717, 1.165) is 11.1 Å². The molecule has 5 heteroatoms. The molecule has 0 spiro atoms. The normalized spacial score (nSPS) is 10.4. The maximum atomic E-state index is 12.7. The van der Waals surface area contributed by atoms with Crippen LogP contribution < -0.4 is 5.32 Å². The third kappa shape index (κ3) is 5.04. The number of nitrogens with one attached hydrogen (secondary N) is 1. The van der Waals surface area contributed by atoms with Gasteiger partial charge in [0, 0.05) is 31.9 Å². The second kappa shape index (κ2) is 8.95. The Labute approximate surface area is 165 Å². The van der Waals surface area contributed by atoms with Crippen molar-refractivity contribution in [3.05, 3.63) is 101 Å². The van der Waals surface area contributed by atoms with Crippen molar-refractivity contribution in [2.45, 2.75) is 20.0 Å². The number of hydrogen-bond acceptors (Lipinski definition) is 3. The standard InChI is InChI=1S/C23H23N3O2/c1-17-8-10-18(11-9-17)15-25-22(27)20-12-13-24-21(14-20)23(28)26(2)16-19-6-4-3-5-7-19/h3-14H,15-16H2,1-2H3,(H,25,27). The first-order valence-electron chi connectivity index (χ1n) is 9.12. The first kappa shape index (κ1) is 19.3. The predicted octanol–water partition coefficient (Wildman–Crippen LogP) is 3.59. The molecular weight excluding hydrogens is 350 g/mol. The van der Waals surface area contributed by atoms with Gasteiger partial charge in [-0.05, 0) is 30.2 Å². The largest absolute Gasteiger partial charge is 0.348 e. The van der Waals surface area contributed by atoms with Crippen molar-refractivity contribution >= 4 is 11.8 Å². The van der Waals surface area contributed by atoms with Crippen molar-refractivity contribution in [3.63, 3.8) is 0 Å². The SMILES string of the molecule is Cc1ccc(CNC(=O)c2ccnc(C(=O)N(C)Cc3ccccc3)c2)cc1. The number of pyridine rings is 1. The lowest BCUT2D eigenvalue weighted by Crippen LogP contribution is -2.28. The summed E-state index contributed by atoms with van der Waals surface area (Å²) in [4.78, 5) is 30.9. The molecule has 28 heavy (non-hydrogen) atoms. The number of amides is 2. The Morgan fingerprint density at radius 3 is 2.39 bits per heavy atom. The van der Waals surface area contributed by atoms with Gasteiger partial charge in [0.15, 0.2) is 0 Å². The number of carbonyl (C=O) groups excluding carboxylic acids is 2. The molecule has 1 heterocycles. The summed E-state index contributed by atoms with van der Waals surface area (Å²) in [7, 11) is 1.72. The zero-order valence-electron chi connectivity index (χ0n) is 16.1. The smallest absolute Gasteiger partial charge is 0.272 e. The van der Waals surface area contributed by atoms with Crippen LogP contribution in [0.5, 0.6) is 0 Å². The van der Waals surface area contributed by atoms with Gasteiger partial charge in [0.1, 0.15) is 5.69 Å². The van der Waals surface area contributed by atoms with E-state index in [9.17, 15) is 9.59 Å². The average Bonchev–Trinajstić information content (AvgIpc) is 2.73. The second-order valence-electron chi connectivity index (χ2n) is 6.74. The topological polar surface area (TPSA) is 62.3 Å². The summed E-state index contributed by atoms with van der Waals surface area (Å²) in [6.07, 6.45) is 1.49. The van der Waals surface area contributed by atoms with Crippen molar-refractivity contribution in [2.24, 2.45) is 0 Å². The fraction of sp³-hybridized carbons (Fsp3) is 0.174. The molecule has 3 rings (SSSR count). The van der Waals surface area contributed by atoms with Gasteiger partial charge in [-0.3, -0.25) is 14.6 Å². The van der Waals surface area contributed by atoms with E-state index >= 15 is 0 Å². The highest BCUT2D eigenvalue weighted by atomic mass is 16.2. The molecule has 1 N–H and O–H groups in total. The Kier molecular flexibility index (Phi) is 6.17. The van der Waals surface area contributed by atoms with E-state index in [2.05, 4.69) is 10.3 Å². The maximum absolute atomic E-state index is 12.7. The van der Waals surface area contributed by atoms with E-state index < -0.39 is 0 Å². The fourth-order valence-corrected chi connectivity index (χ4v) is 2.80. The lowest BCUT2D eigenvalue weighted by molar-refractivity contribution is 0.0779. The van der Waals surface area contributed by atoms with Gasteiger partial charge in [0.05, 0.1) is 0 Å². The Hall–Kier alpha value is -3.47. The minimum absolute atomic E-state index is 0.225. The van der Waals surface area contributed by atoms with E-state index in [1.807, 2.05) is 61.5 Å². The average molecular weight is 373 g/mol. The minimum atomic E-state index is -0.234. The van der Waals surface area contributed by atoms with Crippen LogP contribution in [0, 0.1) is 6.92 Å². The van der Waals surface area contributed by atoms with Gasteiger partial charge < -0.3 is 10.2 Å². The van der Waals surface area contributed by atoms with Crippen LogP contribution in [-0.4, -0.2) is 28.7 Å². The van der Waals surface area contributed by atoms with Crippen molar-refractivity contribution in [3.8, 4) is 0 Å². The molecule has 0 aliphatic rings. The molecule has 0 saturated heterocycles. The van der Waals surface area contributed by atoms with Crippen LogP contribution >= 0.6 is 0 Å². The lowest BCUT2D eigenvalue weighted by Gasteiger charge is -2.17. The molecule has 0 aliphatic heterocycles. The van der Waals surface area contributed by atoms with Crippen molar-refractivity contribution in [1.29, 1.82) is 0 Å². The van der Waals surface area contributed by atoms with E-state index in [-0.39, 0.29) is 17.5 Å². The molecule has 3 aromatic rings. The summed E-state index contributed by atoms with van der Waals surface area (Å²) >= 11 is 0. The van der Waals surface area contributed by atoms with Crippen LogP contribution in [0.15, 0.2) is 72.9 Å². The van der Waals surface area contributed by atoms with Crippen LogP contribution in [0.25, 0.3) is 0 Å². The molecule has 5 nitrogen and oxygen atoms in total. The van der Waals surface area contributed by atoms with Crippen LogP contribution in [0.2, 0.25) is 0 Å². The van der Waals surface area contributed by atoms with Gasteiger partial charge in [-0.2, -0.15) is 0 Å². The van der Waals surface area contributed by atoms with Crippen LogP contribution in [0.4, 0.5) is 0 Å². The Bertz CT molecular complexity index is 953. The molecule has 142 valence electrons. The number of benzene rings is 2.